The smallest absolute Gasteiger partial charge is 0.340 e. The molecule has 23 heavy (non-hydrogen) atoms. The van der Waals surface area contributed by atoms with Crippen LogP contribution in [-0.4, -0.2) is 35.6 Å². The van der Waals surface area contributed by atoms with Crippen LogP contribution < -0.4 is 0 Å². The number of methoxy groups -OCH3 is 1. The van der Waals surface area contributed by atoms with Crippen LogP contribution in [0.5, 0.6) is 0 Å². The molecule has 122 valence electrons. The fraction of sp³-hybridized carbons (Fsp3) is 0.333. The van der Waals surface area contributed by atoms with E-state index in [0.717, 1.165) is 10.6 Å². The Morgan fingerprint density at radius 1 is 1.39 bits per heavy atom. The molecule has 0 aromatic carbocycles. The van der Waals surface area contributed by atoms with E-state index >= 15 is 0 Å². The van der Waals surface area contributed by atoms with Crippen molar-refractivity contribution in [2.24, 2.45) is 0 Å². The van der Waals surface area contributed by atoms with Crippen LogP contribution in [0.1, 0.15) is 27.9 Å². The van der Waals surface area contributed by atoms with Crippen molar-refractivity contribution < 1.29 is 19.1 Å². The molecule has 0 saturated carbocycles. The lowest BCUT2D eigenvalue weighted by molar-refractivity contribution is -0.142. The summed E-state index contributed by atoms with van der Waals surface area (Å²) in [5, 5.41) is 0.524. The van der Waals surface area contributed by atoms with Crippen molar-refractivity contribution in [3.63, 3.8) is 0 Å². The third-order valence-corrected chi connectivity index (χ3v) is 5.08. The molecule has 0 saturated heterocycles. The highest BCUT2D eigenvalue weighted by Crippen LogP contribution is 2.34. The quantitative estimate of drug-likeness (QED) is 0.740. The van der Waals surface area contributed by atoms with Crippen molar-refractivity contribution >= 4 is 35.0 Å². The zero-order valence-corrected chi connectivity index (χ0v) is 14.6. The summed E-state index contributed by atoms with van der Waals surface area (Å²) in [5.74, 6) is -0.718. The van der Waals surface area contributed by atoms with Crippen LogP contribution >= 0.6 is 23.1 Å². The number of thiazole rings is 1. The molecule has 0 unspecified atom stereocenters. The van der Waals surface area contributed by atoms with Crippen LogP contribution in [0.2, 0.25) is 0 Å². The molecular formula is C15H16N2O4S2. The number of carbonyl (C=O) groups excluding carboxylic acids is 2. The van der Waals surface area contributed by atoms with E-state index < -0.39 is 5.97 Å². The number of aryl methyl sites for hydroxylation is 1. The van der Waals surface area contributed by atoms with Crippen LogP contribution in [0.3, 0.4) is 0 Å². The van der Waals surface area contributed by atoms with Gasteiger partial charge in [0.1, 0.15) is 5.03 Å². The van der Waals surface area contributed by atoms with E-state index in [1.54, 1.807) is 25.3 Å². The molecule has 2 aromatic heterocycles. The van der Waals surface area contributed by atoms with Gasteiger partial charge in [-0.1, -0.05) is 0 Å². The number of ether oxygens (including phenoxy) is 2. The summed E-state index contributed by atoms with van der Waals surface area (Å²) in [6.45, 7) is 3.97. The third kappa shape index (κ3) is 4.52. The maximum Gasteiger partial charge on any atom is 0.340 e. The summed E-state index contributed by atoms with van der Waals surface area (Å²) in [6.07, 6.45) is 1.80. The topological polar surface area (TPSA) is 78.4 Å². The maximum atomic E-state index is 11.8. The normalized spacial score (nSPS) is 10.4. The predicted octanol–water partition coefficient (Wildman–Crippen LogP) is 2.89. The average molecular weight is 352 g/mol. The number of nitrogens with zero attached hydrogens (tertiary/aromatic N) is 2. The van der Waals surface area contributed by atoms with E-state index in [1.165, 1.54) is 30.2 Å². The summed E-state index contributed by atoms with van der Waals surface area (Å²) in [7, 11) is 1.33. The zero-order chi connectivity index (χ0) is 16.8. The Morgan fingerprint density at radius 2 is 2.17 bits per heavy atom. The molecule has 0 aliphatic carbocycles. The first-order valence-corrected chi connectivity index (χ1v) is 8.51. The Morgan fingerprint density at radius 3 is 2.87 bits per heavy atom. The van der Waals surface area contributed by atoms with Crippen molar-refractivity contribution in [1.29, 1.82) is 0 Å². The highest BCUT2D eigenvalue weighted by atomic mass is 32.2. The van der Waals surface area contributed by atoms with Gasteiger partial charge in [0.05, 0.1) is 31.4 Å². The predicted molar refractivity (Wildman–Crippen MR) is 86.9 cm³/mol. The molecule has 2 rings (SSSR count). The lowest BCUT2D eigenvalue weighted by Crippen LogP contribution is -2.07. The molecule has 0 aliphatic rings. The summed E-state index contributed by atoms with van der Waals surface area (Å²) in [6, 6.07) is 3.33. The van der Waals surface area contributed by atoms with Gasteiger partial charge in [0, 0.05) is 11.1 Å². The van der Waals surface area contributed by atoms with Crippen LogP contribution in [0, 0.1) is 6.92 Å². The van der Waals surface area contributed by atoms with Crippen LogP contribution in [0.4, 0.5) is 0 Å². The fourth-order valence-electron chi connectivity index (χ4n) is 1.77. The lowest BCUT2D eigenvalue weighted by atomic mass is 10.3. The monoisotopic (exact) mass is 352 g/mol. The Labute approximate surface area is 142 Å². The lowest BCUT2D eigenvalue weighted by Gasteiger charge is -2.03. The van der Waals surface area contributed by atoms with Gasteiger partial charge in [-0.3, -0.25) is 4.79 Å². The van der Waals surface area contributed by atoms with Gasteiger partial charge in [0.2, 0.25) is 0 Å². The number of hydrogen-bond donors (Lipinski definition) is 0. The molecule has 0 amide bonds. The molecule has 0 aliphatic heterocycles. The summed E-state index contributed by atoms with van der Waals surface area (Å²) in [4.78, 5) is 32.8. The van der Waals surface area contributed by atoms with E-state index in [0.29, 0.717) is 21.5 Å². The Balaban J connectivity index is 2.19. The van der Waals surface area contributed by atoms with E-state index in [1.807, 2.05) is 6.92 Å². The highest BCUT2D eigenvalue weighted by Gasteiger charge is 2.17. The van der Waals surface area contributed by atoms with Gasteiger partial charge in [0.25, 0.3) is 0 Å². The number of hydrogen-bond acceptors (Lipinski definition) is 8. The van der Waals surface area contributed by atoms with Crippen molar-refractivity contribution in [1.82, 2.24) is 9.97 Å². The fourth-order valence-corrected chi connectivity index (χ4v) is 3.98. The second kappa shape index (κ2) is 8.07. The molecular weight excluding hydrogens is 336 g/mol. The van der Waals surface area contributed by atoms with Crippen LogP contribution in [0.25, 0.3) is 0 Å². The number of carbonyl (C=O) groups is 2. The second-order valence-corrected chi connectivity index (χ2v) is 6.74. The second-order valence-electron chi connectivity index (χ2n) is 4.42. The summed E-state index contributed by atoms with van der Waals surface area (Å²) < 4.78 is 10.4. The largest absolute Gasteiger partial charge is 0.466 e. The summed E-state index contributed by atoms with van der Waals surface area (Å²) >= 11 is 2.67. The molecule has 0 atom stereocenters. The van der Waals surface area contributed by atoms with Gasteiger partial charge in [-0.15, -0.1) is 11.3 Å². The van der Waals surface area contributed by atoms with Crippen molar-refractivity contribution in [3.8, 4) is 0 Å². The van der Waals surface area contributed by atoms with Crippen molar-refractivity contribution in [3.05, 3.63) is 34.5 Å². The number of esters is 2. The Hall–Kier alpha value is -1.93. The molecule has 0 radical (unpaired) electrons. The van der Waals surface area contributed by atoms with Gasteiger partial charge in [-0.2, -0.15) is 0 Å². The molecule has 0 N–H and O–H groups in total. The maximum absolute atomic E-state index is 11.8. The van der Waals surface area contributed by atoms with E-state index in [-0.39, 0.29) is 12.4 Å². The Bertz CT molecular complexity index is 715. The number of pyridine rings is 1. The molecule has 2 heterocycles. The first-order chi connectivity index (χ1) is 11.0. The standard InChI is InChI=1S/C15H16N2O4S2/c1-4-21-12(18)8-11-9(2)17-15(22-11)23-13-10(14(19)20-3)6-5-7-16-13/h5-7H,4,8H2,1-3H3. The molecule has 0 bridgehead atoms. The van der Waals surface area contributed by atoms with Crippen molar-refractivity contribution in [2.45, 2.75) is 29.6 Å². The minimum atomic E-state index is -0.444. The van der Waals surface area contributed by atoms with Gasteiger partial charge in [-0.25, -0.2) is 14.8 Å². The van der Waals surface area contributed by atoms with E-state index in [4.69, 9.17) is 9.47 Å². The SMILES string of the molecule is CCOC(=O)Cc1sc(Sc2ncccc2C(=O)OC)nc1C. The Kier molecular flexibility index (Phi) is 6.12. The zero-order valence-electron chi connectivity index (χ0n) is 13.0. The van der Waals surface area contributed by atoms with Gasteiger partial charge in [-0.05, 0) is 37.7 Å². The van der Waals surface area contributed by atoms with Gasteiger partial charge >= 0.3 is 11.9 Å². The first-order valence-electron chi connectivity index (χ1n) is 6.88. The summed E-state index contributed by atoms with van der Waals surface area (Å²) in [5.41, 5.74) is 1.17. The average Bonchev–Trinajstić information content (AvgIpc) is 2.86. The molecule has 0 spiro atoms. The third-order valence-electron chi connectivity index (χ3n) is 2.84. The number of rotatable bonds is 6. The van der Waals surface area contributed by atoms with E-state index in [9.17, 15) is 9.59 Å². The van der Waals surface area contributed by atoms with Crippen molar-refractivity contribution in [2.75, 3.05) is 13.7 Å². The molecule has 8 heteroatoms. The van der Waals surface area contributed by atoms with E-state index in [2.05, 4.69) is 9.97 Å². The first kappa shape index (κ1) is 17.4. The van der Waals surface area contributed by atoms with Crippen LogP contribution in [-0.2, 0) is 20.7 Å². The van der Waals surface area contributed by atoms with Gasteiger partial charge in [0.15, 0.2) is 4.34 Å². The molecule has 6 nitrogen and oxygen atoms in total. The molecule has 2 aromatic rings. The highest BCUT2D eigenvalue weighted by molar-refractivity contribution is 8.01. The molecule has 0 fully saturated rings. The minimum Gasteiger partial charge on any atom is -0.466 e. The van der Waals surface area contributed by atoms with Crippen LogP contribution in [0.15, 0.2) is 27.7 Å². The minimum absolute atomic E-state index is 0.198. The van der Waals surface area contributed by atoms with Gasteiger partial charge < -0.3 is 9.47 Å². The number of aromatic nitrogens is 2.